The molecule has 0 bridgehead atoms. The van der Waals surface area contributed by atoms with Gasteiger partial charge in [-0.3, -0.25) is 0 Å². The fourth-order valence-electron chi connectivity index (χ4n) is 1.32. The Morgan fingerprint density at radius 3 is 2.94 bits per heavy atom. The second kappa shape index (κ2) is 6.68. The van der Waals surface area contributed by atoms with Crippen LogP contribution in [0.2, 0.25) is 5.02 Å². The number of thiocarbonyl (C=S) groups is 1. The summed E-state index contributed by atoms with van der Waals surface area (Å²) in [5.41, 5.74) is 7.31. The van der Waals surface area contributed by atoms with Gasteiger partial charge in [0.2, 0.25) is 0 Å². The van der Waals surface area contributed by atoms with Crippen molar-refractivity contribution in [2.24, 2.45) is 5.73 Å². The molecule has 0 atom stereocenters. The van der Waals surface area contributed by atoms with Crippen LogP contribution in [0.25, 0.3) is 0 Å². The maximum absolute atomic E-state index is 5.91. The lowest BCUT2D eigenvalue weighted by atomic mass is 10.1. The molecule has 0 aliphatic heterocycles. The Labute approximate surface area is 106 Å². The van der Waals surface area contributed by atoms with Gasteiger partial charge < -0.3 is 15.8 Å². The Morgan fingerprint density at radius 1 is 1.56 bits per heavy atom. The molecule has 5 heteroatoms. The van der Waals surface area contributed by atoms with Crippen LogP contribution < -0.4 is 11.1 Å². The molecule has 0 heterocycles. The zero-order chi connectivity index (χ0) is 12.0. The number of hydrogen-bond acceptors (Lipinski definition) is 3. The van der Waals surface area contributed by atoms with Crippen molar-refractivity contribution < 1.29 is 4.74 Å². The van der Waals surface area contributed by atoms with E-state index in [4.69, 9.17) is 34.3 Å². The zero-order valence-corrected chi connectivity index (χ0v) is 10.7. The molecule has 0 saturated heterocycles. The van der Waals surface area contributed by atoms with E-state index < -0.39 is 0 Å². The highest BCUT2D eigenvalue weighted by Crippen LogP contribution is 2.20. The third-order valence-electron chi connectivity index (χ3n) is 2.09. The van der Waals surface area contributed by atoms with Crippen LogP contribution in [-0.2, 0) is 4.74 Å². The number of halogens is 1. The van der Waals surface area contributed by atoms with E-state index in [9.17, 15) is 0 Å². The molecular formula is C11H15ClN2OS. The predicted octanol–water partition coefficient (Wildman–Crippen LogP) is 2.42. The molecule has 0 unspecified atom stereocenters. The Bertz CT molecular complexity index is 371. The van der Waals surface area contributed by atoms with Crippen LogP contribution in [0, 0.1) is 0 Å². The second-order valence-corrected chi connectivity index (χ2v) is 4.20. The summed E-state index contributed by atoms with van der Waals surface area (Å²) >= 11 is 10.9. The summed E-state index contributed by atoms with van der Waals surface area (Å²) in [6.45, 7) is 1.51. The molecule has 0 aliphatic rings. The van der Waals surface area contributed by atoms with Crippen LogP contribution >= 0.6 is 23.8 Å². The molecule has 3 N–H and O–H groups in total. The first kappa shape index (κ1) is 13.2. The lowest BCUT2D eigenvalue weighted by Gasteiger charge is -2.11. The average Bonchev–Trinajstić information content (AvgIpc) is 2.24. The van der Waals surface area contributed by atoms with Gasteiger partial charge in [-0.25, -0.2) is 0 Å². The molecule has 88 valence electrons. The van der Waals surface area contributed by atoms with Gasteiger partial charge in [-0.05, 0) is 24.6 Å². The van der Waals surface area contributed by atoms with Crippen LogP contribution in [0.4, 0.5) is 5.69 Å². The number of anilines is 1. The lowest BCUT2D eigenvalue weighted by molar-refractivity contribution is 0.198. The van der Waals surface area contributed by atoms with Crippen LogP contribution in [0.1, 0.15) is 12.0 Å². The maximum Gasteiger partial charge on any atom is 0.106 e. The van der Waals surface area contributed by atoms with E-state index in [1.807, 2.05) is 12.1 Å². The van der Waals surface area contributed by atoms with E-state index in [-0.39, 0.29) is 0 Å². The monoisotopic (exact) mass is 258 g/mol. The van der Waals surface area contributed by atoms with Gasteiger partial charge in [0.05, 0.1) is 0 Å². The fourth-order valence-corrected chi connectivity index (χ4v) is 1.67. The molecule has 16 heavy (non-hydrogen) atoms. The molecule has 0 aromatic heterocycles. The van der Waals surface area contributed by atoms with Crippen LogP contribution in [0.15, 0.2) is 18.2 Å². The Kier molecular flexibility index (Phi) is 5.52. The number of nitrogens with two attached hydrogens (primary N) is 1. The molecule has 1 aromatic rings. The predicted molar refractivity (Wildman–Crippen MR) is 72.3 cm³/mol. The third kappa shape index (κ3) is 3.96. The first-order chi connectivity index (χ1) is 7.65. The Balaban J connectivity index is 2.68. The number of methoxy groups -OCH3 is 1. The third-order valence-corrected chi connectivity index (χ3v) is 2.54. The van der Waals surface area contributed by atoms with E-state index in [1.54, 1.807) is 13.2 Å². The van der Waals surface area contributed by atoms with E-state index >= 15 is 0 Å². The molecule has 1 aromatic carbocycles. The van der Waals surface area contributed by atoms with Crippen molar-refractivity contribution in [3.05, 3.63) is 28.8 Å². The van der Waals surface area contributed by atoms with Crippen LogP contribution in [0.3, 0.4) is 0 Å². The number of benzene rings is 1. The molecule has 0 radical (unpaired) electrons. The molecule has 0 amide bonds. The van der Waals surface area contributed by atoms with E-state index in [2.05, 4.69) is 5.32 Å². The van der Waals surface area contributed by atoms with Gasteiger partial charge in [0.25, 0.3) is 0 Å². The first-order valence-electron chi connectivity index (χ1n) is 4.97. The number of nitrogens with one attached hydrogen (secondary N) is 1. The van der Waals surface area contributed by atoms with Crippen molar-refractivity contribution in [2.75, 3.05) is 25.6 Å². The van der Waals surface area contributed by atoms with Crippen molar-refractivity contribution in [3.8, 4) is 0 Å². The van der Waals surface area contributed by atoms with Crippen LogP contribution in [0.5, 0.6) is 0 Å². The summed E-state index contributed by atoms with van der Waals surface area (Å²) in [7, 11) is 1.68. The smallest absolute Gasteiger partial charge is 0.106 e. The van der Waals surface area contributed by atoms with Gasteiger partial charge >= 0.3 is 0 Å². The standard InChI is InChI=1S/C11H15ClN2OS/c1-15-6-2-5-14-10-7-8(12)3-4-9(10)11(13)16/h3-4,7,14H,2,5-6H2,1H3,(H2,13,16). The molecule has 1 rings (SSSR count). The molecule has 0 aliphatic carbocycles. The van der Waals surface area contributed by atoms with E-state index in [0.717, 1.165) is 30.8 Å². The highest BCUT2D eigenvalue weighted by atomic mass is 35.5. The number of ether oxygens (including phenoxy) is 1. The Morgan fingerprint density at radius 2 is 2.31 bits per heavy atom. The highest BCUT2D eigenvalue weighted by molar-refractivity contribution is 7.80. The molecule has 0 spiro atoms. The molecule has 0 fully saturated rings. The SMILES string of the molecule is COCCCNc1cc(Cl)ccc1C(N)=S. The zero-order valence-electron chi connectivity index (χ0n) is 9.13. The van der Waals surface area contributed by atoms with Gasteiger partial charge in [0, 0.05) is 36.5 Å². The number of hydrogen-bond donors (Lipinski definition) is 2. The van der Waals surface area contributed by atoms with Crippen molar-refractivity contribution in [2.45, 2.75) is 6.42 Å². The Hall–Kier alpha value is -0.840. The van der Waals surface area contributed by atoms with Gasteiger partial charge in [0.1, 0.15) is 4.99 Å². The topological polar surface area (TPSA) is 47.3 Å². The van der Waals surface area contributed by atoms with Crippen molar-refractivity contribution in [3.63, 3.8) is 0 Å². The van der Waals surface area contributed by atoms with Crippen molar-refractivity contribution in [1.82, 2.24) is 0 Å². The molecule has 0 saturated carbocycles. The second-order valence-electron chi connectivity index (χ2n) is 3.33. The first-order valence-corrected chi connectivity index (χ1v) is 5.76. The minimum Gasteiger partial charge on any atom is -0.389 e. The normalized spacial score (nSPS) is 10.1. The van der Waals surface area contributed by atoms with Gasteiger partial charge in [-0.1, -0.05) is 23.8 Å². The summed E-state index contributed by atoms with van der Waals surface area (Å²) < 4.78 is 4.96. The average molecular weight is 259 g/mol. The van der Waals surface area contributed by atoms with Crippen molar-refractivity contribution >= 4 is 34.5 Å². The fraction of sp³-hybridized carbons (Fsp3) is 0.364. The molecule has 3 nitrogen and oxygen atoms in total. The van der Waals surface area contributed by atoms with E-state index in [1.165, 1.54) is 0 Å². The summed E-state index contributed by atoms with van der Waals surface area (Å²) in [4.78, 5) is 0.367. The summed E-state index contributed by atoms with van der Waals surface area (Å²) in [6.07, 6.45) is 0.916. The van der Waals surface area contributed by atoms with Gasteiger partial charge in [-0.15, -0.1) is 0 Å². The van der Waals surface area contributed by atoms with Gasteiger partial charge in [0.15, 0.2) is 0 Å². The summed E-state index contributed by atoms with van der Waals surface area (Å²) in [5, 5.41) is 3.90. The van der Waals surface area contributed by atoms with Crippen molar-refractivity contribution in [1.29, 1.82) is 0 Å². The minimum absolute atomic E-state index is 0.367. The molecular weight excluding hydrogens is 244 g/mol. The van der Waals surface area contributed by atoms with E-state index in [0.29, 0.717) is 10.0 Å². The van der Waals surface area contributed by atoms with Gasteiger partial charge in [-0.2, -0.15) is 0 Å². The largest absolute Gasteiger partial charge is 0.389 e. The quantitative estimate of drug-likeness (QED) is 0.608. The van der Waals surface area contributed by atoms with Crippen LogP contribution in [-0.4, -0.2) is 25.2 Å². The maximum atomic E-state index is 5.91. The number of rotatable bonds is 6. The highest BCUT2D eigenvalue weighted by Gasteiger charge is 2.05. The minimum atomic E-state index is 0.367. The lowest BCUT2D eigenvalue weighted by Crippen LogP contribution is -2.14. The summed E-state index contributed by atoms with van der Waals surface area (Å²) in [6, 6.07) is 5.42. The summed E-state index contributed by atoms with van der Waals surface area (Å²) in [5.74, 6) is 0.